The smallest absolute Gasteiger partial charge is 0.260 e. The molecule has 0 unspecified atom stereocenters. The highest BCUT2D eigenvalue weighted by Gasteiger charge is 2.35. The highest BCUT2D eigenvalue weighted by molar-refractivity contribution is 5.78. The van der Waals surface area contributed by atoms with Crippen LogP contribution in [0, 0.1) is 11.2 Å². The van der Waals surface area contributed by atoms with E-state index in [0.29, 0.717) is 25.3 Å². The third-order valence-electron chi connectivity index (χ3n) is 4.09. The number of ether oxygens (including phenoxy) is 1. The highest BCUT2D eigenvalue weighted by Crippen LogP contribution is 2.33. The number of halogens is 1. The second kappa shape index (κ2) is 7.40. The molecule has 1 N–H and O–H groups in total. The zero-order valence-corrected chi connectivity index (χ0v) is 12.6. The van der Waals surface area contributed by atoms with Crippen molar-refractivity contribution in [1.29, 1.82) is 0 Å². The Bertz CT molecular complexity index is 534. The molecule has 5 heteroatoms. The van der Waals surface area contributed by atoms with Crippen molar-refractivity contribution in [3.8, 4) is 5.75 Å². The van der Waals surface area contributed by atoms with Crippen molar-refractivity contribution in [2.45, 2.75) is 19.3 Å². The first-order chi connectivity index (χ1) is 10.6. The molecular formula is C17H22FNO3. The van der Waals surface area contributed by atoms with E-state index in [4.69, 9.17) is 4.74 Å². The average Bonchev–Trinajstić information content (AvgIpc) is 2.53. The lowest BCUT2D eigenvalue weighted by molar-refractivity contribution is -0.137. The van der Waals surface area contributed by atoms with Gasteiger partial charge in [-0.3, -0.25) is 4.79 Å². The molecule has 4 nitrogen and oxygen atoms in total. The molecule has 0 aromatic heterocycles. The van der Waals surface area contributed by atoms with E-state index in [9.17, 15) is 14.3 Å². The van der Waals surface area contributed by atoms with Crippen LogP contribution in [0.1, 0.15) is 19.3 Å². The number of hydrogen-bond acceptors (Lipinski definition) is 3. The molecule has 22 heavy (non-hydrogen) atoms. The second-order valence-corrected chi connectivity index (χ2v) is 5.82. The fourth-order valence-electron chi connectivity index (χ4n) is 2.88. The number of allylic oxidation sites excluding steroid dienone is 1. The quantitative estimate of drug-likeness (QED) is 0.821. The van der Waals surface area contributed by atoms with Crippen molar-refractivity contribution < 1.29 is 19.0 Å². The third-order valence-corrected chi connectivity index (χ3v) is 4.09. The van der Waals surface area contributed by atoms with Crippen LogP contribution in [0.2, 0.25) is 0 Å². The van der Waals surface area contributed by atoms with Gasteiger partial charge in [-0.1, -0.05) is 12.1 Å². The molecule has 0 aliphatic carbocycles. The van der Waals surface area contributed by atoms with E-state index >= 15 is 0 Å². The first kappa shape index (κ1) is 16.5. The summed E-state index contributed by atoms with van der Waals surface area (Å²) in [6, 6.07) is 5.72. The summed E-state index contributed by atoms with van der Waals surface area (Å²) in [5, 5.41) is 9.65. The Labute approximate surface area is 130 Å². The van der Waals surface area contributed by atoms with Crippen molar-refractivity contribution in [2.24, 2.45) is 5.41 Å². The van der Waals surface area contributed by atoms with Gasteiger partial charge in [0.05, 0.1) is 6.61 Å². The molecule has 120 valence electrons. The van der Waals surface area contributed by atoms with Crippen LogP contribution in [0.4, 0.5) is 4.39 Å². The maximum Gasteiger partial charge on any atom is 0.260 e. The zero-order valence-electron chi connectivity index (χ0n) is 12.6. The molecule has 1 aliphatic rings. The van der Waals surface area contributed by atoms with Crippen LogP contribution in [0.5, 0.6) is 5.75 Å². The van der Waals surface area contributed by atoms with E-state index in [1.807, 2.05) is 0 Å². The Kier molecular flexibility index (Phi) is 5.55. The summed E-state index contributed by atoms with van der Waals surface area (Å²) in [5.74, 6) is -0.205. The van der Waals surface area contributed by atoms with E-state index in [1.165, 1.54) is 18.2 Å². The van der Waals surface area contributed by atoms with Gasteiger partial charge < -0.3 is 14.7 Å². The first-order valence-corrected chi connectivity index (χ1v) is 7.46. The van der Waals surface area contributed by atoms with E-state index < -0.39 is 5.82 Å². The molecule has 1 heterocycles. The van der Waals surface area contributed by atoms with Crippen LogP contribution >= 0.6 is 0 Å². The molecule has 0 radical (unpaired) electrons. The number of benzene rings is 1. The fraction of sp³-hybridized carbons (Fsp3) is 0.471. The molecule has 1 aromatic rings. The highest BCUT2D eigenvalue weighted by atomic mass is 19.1. The zero-order chi connectivity index (χ0) is 16.0. The van der Waals surface area contributed by atoms with Crippen LogP contribution in [-0.4, -0.2) is 42.2 Å². The molecule has 0 saturated carbocycles. The number of carbonyl (C=O) groups excluding carboxylic acids is 1. The lowest BCUT2D eigenvalue weighted by Gasteiger charge is -2.41. The minimum absolute atomic E-state index is 0.0353. The molecule has 1 atom stereocenters. The summed E-state index contributed by atoms with van der Waals surface area (Å²) in [6.07, 6.45) is 4.19. The Morgan fingerprint density at radius 2 is 2.36 bits per heavy atom. The molecule has 1 amide bonds. The molecule has 1 fully saturated rings. The minimum atomic E-state index is -0.395. The molecule has 1 aromatic carbocycles. The van der Waals surface area contributed by atoms with Gasteiger partial charge in [0.15, 0.2) is 6.61 Å². The maximum atomic E-state index is 13.1. The molecule has 0 bridgehead atoms. The van der Waals surface area contributed by atoms with Gasteiger partial charge in [-0.2, -0.15) is 0 Å². The summed E-state index contributed by atoms with van der Waals surface area (Å²) in [4.78, 5) is 14.0. The lowest BCUT2D eigenvalue weighted by atomic mass is 9.78. The van der Waals surface area contributed by atoms with Gasteiger partial charge in [0.2, 0.25) is 0 Å². The largest absolute Gasteiger partial charge is 0.484 e. The first-order valence-electron chi connectivity index (χ1n) is 7.46. The van der Waals surface area contributed by atoms with Gasteiger partial charge in [-0.15, -0.1) is 6.58 Å². The monoisotopic (exact) mass is 307 g/mol. The van der Waals surface area contributed by atoms with Crippen LogP contribution in [-0.2, 0) is 4.79 Å². The second-order valence-electron chi connectivity index (χ2n) is 5.82. The standard InChI is InChI=1S/C17H22FNO3/c1-2-7-17(13-20)8-4-9-19(12-17)16(21)11-22-15-6-3-5-14(18)10-15/h2-3,5-6,10,20H,1,4,7-9,11-13H2/t17-/m0/s1. The van der Waals surface area contributed by atoms with E-state index in [0.717, 1.165) is 12.8 Å². The molecule has 1 saturated heterocycles. The van der Waals surface area contributed by atoms with E-state index in [-0.39, 0.29) is 24.5 Å². The number of aliphatic hydroxyl groups excluding tert-OH is 1. The molecule has 2 rings (SSSR count). The normalized spacial score (nSPS) is 21.5. The van der Waals surface area contributed by atoms with Crippen LogP contribution in [0.15, 0.2) is 36.9 Å². The number of amides is 1. The van der Waals surface area contributed by atoms with Gasteiger partial charge in [-0.25, -0.2) is 4.39 Å². The number of aliphatic hydroxyl groups is 1. The predicted molar refractivity (Wildman–Crippen MR) is 82.0 cm³/mol. The predicted octanol–water partition coefficient (Wildman–Crippen LogP) is 2.38. The van der Waals surface area contributed by atoms with Crippen molar-refractivity contribution >= 4 is 5.91 Å². The number of rotatable bonds is 6. The van der Waals surface area contributed by atoms with Gasteiger partial charge in [0, 0.05) is 24.6 Å². The van der Waals surface area contributed by atoms with Gasteiger partial charge >= 0.3 is 0 Å². The number of carbonyl (C=O) groups is 1. The summed E-state index contributed by atoms with van der Waals surface area (Å²) in [6.45, 7) is 4.79. The summed E-state index contributed by atoms with van der Waals surface area (Å²) >= 11 is 0. The molecule has 0 spiro atoms. The number of likely N-dealkylation sites (tertiary alicyclic amines) is 1. The van der Waals surface area contributed by atoms with Crippen LogP contribution in [0.25, 0.3) is 0 Å². The van der Waals surface area contributed by atoms with E-state index in [1.54, 1.807) is 17.0 Å². The Hall–Kier alpha value is -1.88. The number of hydrogen-bond donors (Lipinski definition) is 1. The number of nitrogens with zero attached hydrogens (tertiary/aromatic N) is 1. The molecule has 1 aliphatic heterocycles. The Morgan fingerprint density at radius 1 is 1.55 bits per heavy atom. The van der Waals surface area contributed by atoms with Crippen molar-refractivity contribution in [2.75, 3.05) is 26.3 Å². The topological polar surface area (TPSA) is 49.8 Å². The summed E-state index contributed by atoms with van der Waals surface area (Å²) in [5.41, 5.74) is -0.297. The maximum absolute atomic E-state index is 13.1. The number of piperidine rings is 1. The van der Waals surface area contributed by atoms with E-state index in [2.05, 4.69) is 6.58 Å². The summed E-state index contributed by atoms with van der Waals surface area (Å²) in [7, 11) is 0. The Morgan fingerprint density at radius 3 is 3.05 bits per heavy atom. The van der Waals surface area contributed by atoms with Gasteiger partial charge in [0.25, 0.3) is 5.91 Å². The average molecular weight is 307 g/mol. The molecular weight excluding hydrogens is 285 g/mol. The van der Waals surface area contributed by atoms with Crippen molar-refractivity contribution in [3.05, 3.63) is 42.7 Å². The van der Waals surface area contributed by atoms with Gasteiger partial charge in [-0.05, 0) is 31.4 Å². The van der Waals surface area contributed by atoms with Crippen LogP contribution in [0.3, 0.4) is 0 Å². The third kappa shape index (κ3) is 4.07. The van der Waals surface area contributed by atoms with Crippen LogP contribution < -0.4 is 4.74 Å². The lowest BCUT2D eigenvalue weighted by Crippen LogP contribution is -2.49. The minimum Gasteiger partial charge on any atom is -0.484 e. The Balaban J connectivity index is 1.93. The van der Waals surface area contributed by atoms with Crippen molar-refractivity contribution in [3.63, 3.8) is 0 Å². The van der Waals surface area contributed by atoms with Crippen molar-refractivity contribution in [1.82, 2.24) is 4.90 Å². The SMILES string of the molecule is C=CC[C@]1(CO)CCCN(C(=O)COc2cccc(F)c2)C1. The fourth-order valence-corrected chi connectivity index (χ4v) is 2.88. The van der Waals surface area contributed by atoms with Gasteiger partial charge in [0.1, 0.15) is 11.6 Å². The summed E-state index contributed by atoms with van der Waals surface area (Å²) < 4.78 is 18.4.